The first-order chi connectivity index (χ1) is 8.58. The van der Waals surface area contributed by atoms with Crippen LogP contribution >= 0.6 is 0 Å². The Balaban J connectivity index is 1.93. The molecular formula is C14H15F2NO. The normalized spacial score (nSPS) is 33.9. The zero-order valence-electron chi connectivity index (χ0n) is 9.90. The van der Waals surface area contributed by atoms with Crippen LogP contribution in [0.4, 0.5) is 8.78 Å². The topological polar surface area (TPSA) is 43.1 Å². The summed E-state index contributed by atoms with van der Waals surface area (Å²) in [5.74, 6) is -1.28. The summed E-state index contributed by atoms with van der Waals surface area (Å²) in [5, 5.41) is 0. The van der Waals surface area contributed by atoms with Crippen molar-refractivity contribution in [3.8, 4) is 0 Å². The molecule has 3 rings (SSSR count). The third-order valence-corrected chi connectivity index (χ3v) is 4.48. The van der Waals surface area contributed by atoms with Crippen LogP contribution in [0.1, 0.15) is 29.6 Å². The summed E-state index contributed by atoms with van der Waals surface area (Å²) in [6, 6.07) is 2.81. The highest BCUT2D eigenvalue weighted by Gasteiger charge is 2.49. The van der Waals surface area contributed by atoms with Gasteiger partial charge >= 0.3 is 0 Å². The molecule has 0 amide bonds. The molecule has 2 bridgehead atoms. The number of nitrogens with two attached hydrogens (primary N) is 1. The lowest BCUT2D eigenvalue weighted by Crippen LogP contribution is -2.40. The van der Waals surface area contributed by atoms with Gasteiger partial charge in [-0.05, 0) is 49.3 Å². The molecule has 2 aliphatic rings. The zero-order chi connectivity index (χ0) is 12.9. The fourth-order valence-electron chi connectivity index (χ4n) is 3.59. The van der Waals surface area contributed by atoms with Crippen LogP contribution in [0.5, 0.6) is 0 Å². The summed E-state index contributed by atoms with van der Waals surface area (Å²) in [5.41, 5.74) is 5.90. The molecule has 0 aromatic heterocycles. The number of carbonyl (C=O) groups excluding carboxylic acids is 1. The number of fused-ring (bicyclic) bond motifs is 2. The zero-order valence-corrected chi connectivity index (χ0v) is 9.90. The van der Waals surface area contributed by atoms with Gasteiger partial charge in [0.1, 0.15) is 11.6 Å². The molecule has 18 heavy (non-hydrogen) atoms. The smallest absolute Gasteiger partial charge is 0.170 e. The van der Waals surface area contributed by atoms with Crippen LogP contribution in [0.15, 0.2) is 18.2 Å². The molecule has 0 radical (unpaired) electrons. The van der Waals surface area contributed by atoms with E-state index in [4.69, 9.17) is 5.73 Å². The fraction of sp³-hybridized carbons (Fsp3) is 0.500. The van der Waals surface area contributed by atoms with Crippen molar-refractivity contribution in [1.82, 2.24) is 0 Å². The van der Waals surface area contributed by atoms with E-state index in [9.17, 15) is 13.6 Å². The maximum absolute atomic E-state index is 13.6. The van der Waals surface area contributed by atoms with Crippen molar-refractivity contribution >= 4 is 5.78 Å². The monoisotopic (exact) mass is 251 g/mol. The van der Waals surface area contributed by atoms with Crippen molar-refractivity contribution in [2.24, 2.45) is 23.5 Å². The molecule has 2 fully saturated rings. The number of hydrogen-bond acceptors (Lipinski definition) is 2. The van der Waals surface area contributed by atoms with E-state index in [0.29, 0.717) is 5.92 Å². The molecule has 0 spiro atoms. The molecule has 1 aromatic rings. The molecular weight excluding hydrogens is 236 g/mol. The van der Waals surface area contributed by atoms with E-state index in [2.05, 4.69) is 0 Å². The molecule has 2 saturated carbocycles. The van der Waals surface area contributed by atoms with Gasteiger partial charge < -0.3 is 5.73 Å². The van der Waals surface area contributed by atoms with Gasteiger partial charge in [0.05, 0.1) is 5.56 Å². The van der Waals surface area contributed by atoms with Gasteiger partial charge in [-0.1, -0.05) is 0 Å². The number of carbonyl (C=O) groups is 1. The van der Waals surface area contributed by atoms with Crippen LogP contribution in [0.25, 0.3) is 0 Å². The quantitative estimate of drug-likeness (QED) is 0.821. The van der Waals surface area contributed by atoms with E-state index in [1.165, 1.54) is 0 Å². The van der Waals surface area contributed by atoms with Crippen LogP contribution in [0.3, 0.4) is 0 Å². The number of hydrogen-bond donors (Lipinski definition) is 1. The molecule has 96 valence electrons. The van der Waals surface area contributed by atoms with Gasteiger partial charge in [0.15, 0.2) is 5.78 Å². The van der Waals surface area contributed by atoms with Crippen molar-refractivity contribution in [3.63, 3.8) is 0 Å². The third kappa shape index (κ3) is 1.67. The summed E-state index contributed by atoms with van der Waals surface area (Å²) in [4.78, 5) is 12.3. The summed E-state index contributed by atoms with van der Waals surface area (Å²) >= 11 is 0. The Hall–Kier alpha value is -1.29. The second-order valence-electron chi connectivity index (χ2n) is 5.42. The second-order valence-corrected chi connectivity index (χ2v) is 5.42. The number of Topliss-reactive ketones (excluding diaryl/α,β-unsaturated/α-hetero) is 1. The van der Waals surface area contributed by atoms with Crippen molar-refractivity contribution in [1.29, 1.82) is 0 Å². The Kier molecular flexibility index (Phi) is 2.70. The highest BCUT2D eigenvalue weighted by molar-refractivity contribution is 5.99. The fourth-order valence-corrected chi connectivity index (χ4v) is 3.59. The number of halogens is 2. The summed E-state index contributed by atoms with van der Waals surface area (Å²) in [7, 11) is 0. The Morgan fingerprint density at radius 3 is 2.61 bits per heavy atom. The number of ketones is 1. The van der Waals surface area contributed by atoms with Gasteiger partial charge in [-0.15, -0.1) is 0 Å². The second kappa shape index (κ2) is 4.12. The van der Waals surface area contributed by atoms with Crippen LogP contribution in [0.2, 0.25) is 0 Å². The van der Waals surface area contributed by atoms with Gasteiger partial charge in [0.25, 0.3) is 0 Å². The van der Waals surface area contributed by atoms with Crippen molar-refractivity contribution in [2.45, 2.75) is 25.3 Å². The molecule has 2 nitrogen and oxygen atoms in total. The standard InChI is InChI=1S/C14H15F2NO/c15-9-3-4-11(16)10(6-9)14(18)12-7-1-2-8(5-7)13(12)17/h3-4,6-8,12-13H,1-2,5,17H2. The van der Waals surface area contributed by atoms with Crippen LogP contribution in [0, 0.1) is 29.4 Å². The molecule has 2 N–H and O–H groups in total. The minimum atomic E-state index is -0.656. The highest BCUT2D eigenvalue weighted by atomic mass is 19.1. The van der Waals surface area contributed by atoms with E-state index in [1.54, 1.807) is 0 Å². The molecule has 0 heterocycles. The Bertz CT molecular complexity index is 501. The first-order valence-corrected chi connectivity index (χ1v) is 6.33. The van der Waals surface area contributed by atoms with Crippen LogP contribution < -0.4 is 5.73 Å². The van der Waals surface area contributed by atoms with E-state index >= 15 is 0 Å². The predicted molar refractivity (Wildman–Crippen MR) is 63.0 cm³/mol. The maximum Gasteiger partial charge on any atom is 0.170 e. The lowest BCUT2D eigenvalue weighted by molar-refractivity contribution is 0.0851. The average Bonchev–Trinajstić information content (AvgIpc) is 2.92. The molecule has 2 aliphatic carbocycles. The van der Waals surface area contributed by atoms with Crippen molar-refractivity contribution < 1.29 is 13.6 Å². The third-order valence-electron chi connectivity index (χ3n) is 4.48. The van der Waals surface area contributed by atoms with Gasteiger partial charge in [0, 0.05) is 12.0 Å². The average molecular weight is 251 g/mol. The van der Waals surface area contributed by atoms with Gasteiger partial charge in [0.2, 0.25) is 0 Å². The molecule has 4 atom stereocenters. The van der Waals surface area contributed by atoms with Crippen LogP contribution in [-0.4, -0.2) is 11.8 Å². The highest BCUT2D eigenvalue weighted by Crippen LogP contribution is 2.48. The van der Waals surface area contributed by atoms with Gasteiger partial charge in [-0.25, -0.2) is 8.78 Å². The Morgan fingerprint density at radius 1 is 1.22 bits per heavy atom. The SMILES string of the molecule is NC1C2CCC(C2)C1C(=O)c1cc(F)ccc1F. The Morgan fingerprint density at radius 2 is 1.94 bits per heavy atom. The van der Waals surface area contributed by atoms with Gasteiger partial charge in [-0.2, -0.15) is 0 Å². The van der Waals surface area contributed by atoms with Crippen molar-refractivity contribution in [2.75, 3.05) is 0 Å². The molecule has 1 aromatic carbocycles. The van der Waals surface area contributed by atoms with E-state index in [1.807, 2.05) is 0 Å². The molecule has 4 unspecified atom stereocenters. The maximum atomic E-state index is 13.6. The summed E-state index contributed by atoms with van der Waals surface area (Å²) in [6.45, 7) is 0. The lowest BCUT2D eigenvalue weighted by atomic mass is 9.80. The lowest BCUT2D eigenvalue weighted by Gasteiger charge is -2.26. The van der Waals surface area contributed by atoms with Crippen molar-refractivity contribution in [3.05, 3.63) is 35.4 Å². The minimum absolute atomic E-state index is 0.150. The van der Waals surface area contributed by atoms with E-state index < -0.39 is 11.6 Å². The molecule has 0 saturated heterocycles. The predicted octanol–water partition coefficient (Wildman–Crippen LogP) is 2.52. The molecule has 0 aliphatic heterocycles. The van der Waals surface area contributed by atoms with Gasteiger partial charge in [-0.3, -0.25) is 4.79 Å². The molecule has 4 heteroatoms. The number of rotatable bonds is 2. The number of benzene rings is 1. The van der Waals surface area contributed by atoms with Crippen LogP contribution in [-0.2, 0) is 0 Å². The summed E-state index contributed by atoms with van der Waals surface area (Å²) in [6.07, 6.45) is 2.99. The largest absolute Gasteiger partial charge is 0.327 e. The van der Waals surface area contributed by atoms with E-state index in [0.717, 1.165) is 37.5 Å². The first kappa shape index (κ1) is 11.8. The van der Waals surface area contributed by atoms with E-state index in [-0.39, 0.29) is 29.2 Å². The first-order valence-electron chi connectivity index (χ1n) is 6.33. The summed E-state index contributed by atoms with van der Waals surface area (Å²) < 4.78 is 26.7. The Labute approximate surface area is 104 Å². The minimum Gasteiger partial charge on any atom is -0.327 e.